The number of hydrogen-bond acceptors (Lipinski definition) is 5. The number of aromatic nitrogens is 2. The monoisotopic (exact) mass is 368 g/mol. The Labute approximate surface area is 148 Å². The molecule has 0 amide bonds. The summed E-state index contributed by atoms with van der Waals surface area (Å²) in [6, 6.07) is 0.946. The molecule has 26 heavy (non-hydrogen) atoms. The van der Waals surface area contributed by atoms with Gasteiger partial charge in [0, 0.05) is 32.1 Å². The van der Waals surface area contributed by atoms with E-state index in [-0.39, 0.29) is 42.0 Å². The van der Waals surface area contributed by atoms with E-state index in [1.165, 1.54) is 0 Å². The molecule has 4 rings (SSSR count). The van der Waals surface area contributed by atoms with Crippen LogP contribution in [0.25, 0.3) is 0 Å². The first-order chi connectivity index (χ1) is 12.3. The van der Waals surface area contributed by atoms with Crippen molar-refractivity contribution in [3.8, 4) is 0 Å². The summed E-state index contributed by atoms with van der Waals surface area (Å²) < 4.78 is 39.8. The number of carboxylic acids is 1. The van der Waals surface area contributed by atoms with Crippen LogP contribution < -0.4 is 9.80 Å². The molecule has 1 N–H and O–H groups in total. The molecule has 1 aromatic heterocycles. The van der Waals surface area contributed by atoms with Crippen LogP contribution in [-0.4, -0.2) is 46.7 Å². The maximum absolute atomic E-state index is 13.3. The minimum atomic E-state index is -4.55. The first-order valence-corrected chi connectivity index (χ1v) is 8.60. The normalized spacial score (nSPS) is 30.0. The van der Waals surface area contributed by atoms with Gasteiger partial charge < -0.3 is 14.9 Å². The molecule has 3 heterocycles. The Morgan fingerprint density at radius 2 is 2.04 bits per heavy atom. The van der Waals surface area contributed by atoms with Gasteiger partial charge in [0.1, 0.15) is 5.82 Å². The van der Waals surface area contributed by atoms with Crippen molar-refractivity contribution in [1.82, 2.24) is 9.97 Å². The highest BCUT2D eigenvalue weighted by molar-refractivity contribution is 5.68. The second-order valence-electron chi connectivity index (χ2n) is 7.19. The van der Waals surface area contributed by atoms with Crippen molar-refractivity contribution in [2.45, 2.75) is 25.1 Å². The SMILES string of the molecule is C=C[C@H]1CCN1c1nc(N2C[C@@H]3[C@@H](CC(=O)O)[C@@H]3C2)cc(C(F)(F)F)n1. The quantitative estimate of drug-likeness (QED) is 0.805. The van der Waals surface area contributed by atoms with Crippen LogP contribution in [0.15, 0.2) is 18.7 Å². The standard InChI is InChI=1S/C17H19F3N4O2/c1-2-9-3-4-24(9)16-21-13(17(18,19)20)6-14(22-16)23-7-11-10(5-15(25)26)12(11)8-23/h2,6,9-12H,1,3-5,7-8H2,(H,25,26)/t9-,10-,11-,12+/m0/s1. The largest absolute Gasteiger partial charge is 0.481 e. The van der Waals surface area contributed by atoms with Crippen molar-refractivity contribution in [2.75, 3.05) is 29.4 Å². The molecular weight excluding hydrogens is 349 g/mol. The van der Waals surface area contributed by atoms with E-state index in [1.54, 1.807) is 11.0 Å². The Bertz CT molecular complexity index is 742. The highest BCUT2D eigenvalue weighted by atomic mass is 19.4. The van der Waals surface area contributed by atoms with Crippen LogP contribution in [-0.2, 0) is 11.0 Å². The van der Waals surface area contributed by atoms with Crippen molar-refractivity contribution in [1.29, 1.82) is 0 Å². The van der Waals surface area contributed by atoms with Gasteiger partial charge in [0.15, 0.2) is 5.69 Å². The lowest BCUT2D eigenvalue weighted by Crippen LogP contribution is -2.47. The van der Waals surface area contributed by atoms with Crippen LogP contribution in [0.2, 0.25) is 0 Å². The van der Waals surface area contributed by atoms with E-state index in [0.717, 1.165) is 12.5 Å². The summed E-state index contributed by atoms with van der Waals surface area (Å²) in [6.45, 7) is 5.39. The molecular formula is C17H19F3N4O2. The van der Waals surface area contributed by atoms with Gasteiger partial charge in [-0.2, -0.15) is 18.2 Å². The number of aliphatic carboxylic acids is 1. The van der Waals surface area contributed by atoms with E-state index >= 15 is 0 Å². The van der Waals surface area contributed by atoms with Crippen LogP contribution in [0.3, 0.4) is 0 Å². The number of halogens is 3. The number of hydrogen-bond donors (Lipinski definition) is 1. The van der Waals surface area contributed by atoms with E-state index in [1.807, 2.05) is 4.90 Å². The molecule has 9 heteroatoms. The Morgan fingerprint density at radius 3 is 2.54 bits per heavy atom. The lowest BCUT2D eigenvalue weighted by atomic mass is 10.0. The van der Waals surface area contributed by atoms with Crippen LogP contribution in [0.5, 0.6) is 0 Å². The summed E-state index contributed by atoms with van der Waals surface area (Å²) in [7, 11) is 0. The number of alkyl halides is 3. The van der Waals surface area contributed by atoms with Crippen LogP contribution in [0.1, 0.15) is 18.5 Å². The zero-order valence-corrected chi connectivity index (χ0v) is 14.0. The number of nitrogens with zero attached hydrogens (tertiary/aromatic N) is 4. The molecule has 1 saturated carbocycles. The third-order valence-corrected chi connectivity index (χ3v) is 5.69. The summed E-state index contributed by atoms with van der Waals surface area (Å²) >= 11 is 0. The molecule has 1 aliphatic carbocycles. The summed E-state index contributed by atoms with van der Waals surface area (Å²) in [5, 5.41) is 8.89. The van der Waals surface area contributed by atoms with Gasteiger partial charge >= 0.3 is 12.1 Å². The van der Waals surface area contributed by atoms with Crippen LogP contribution in [0.4, 0.5) is 24.9 Å². The van der Waals surface area contributed by atoms with E-state index < -0.39 is 17.8 Å². The Morgan fingerprint density at radius 1 is 1.35 bits per heavy atom. The number of carbonyl (C=O) groups is 1. The molecule has 2 saturated heterocycles. The minimum Gasteiger partial charge on any atom is -0.481 e. The average Bonchev–Trinajstić information content (AvgIpc) is 2.96. The first-order valence-electron chi connectivity index (χ1n) is 8.60. The van der Waals surface area contributed by atoms with Crippen LogP contribution >= 0.6 is 0 Å². The van der Waals surface area contributed by atoms with Gasteiger partial charge in [-0.3, -0.25) is 4.79 Å². The molecule has 3 fully saturated rings. The summed E-state index contributed by atoms with van der Waals surface area (Å²) in [5.41, 5.74) is -0.949. The fourth-order valence-electron chi connectivity index (χ4n) is 4.10. The lowest BCUT2D eigenvalue weighted by Gasteiger charge is -2.39. The summed E-state index contributed by atoms with van der Waals surface area (Å²) in [6.07, 6.45) is -1.91. The number of anilines is 2. The fraction of sp³-hybridized carbons (Fsp3) is 0.588. The van der Waals surface area contributed by atoms with Gasteiger partial charge in [0.05, 0.1) is 6.04 Å². The zero-order chi connectivity index (χ0) is 18.6. The van der Waals surface area contributed by atoms with Crippen molar-refractivity contribution in [2.24, 2.45) is 17.8 Å². The van der Waals surface area contributed by atoms with E-state index in [0.29, 0.717) is 19.6 Å². The maximum atomic E-state index is 13.3. The van der Waals surface area contributed by atoms with Crippen molar-refractivity contribution in [3.05, 3.63) is 24.4 Å². The molecule has 2 aliphatic heterocycles. The Kier molecular flexibility index (Phi) is 3.85. The molecule has 0 aromatic carbocycles. The fourth-order valence-corrected chi connectivity index (χ4v) is 4.10. The molecule has 6 nitrogen and oxygen atoms in total. The van der Waals surface area contributed by atoms with E-state index in [2.05, 4.69) is 16.5 Å². The third-order valence-electron chi connectivity index (χ3n) is 5.69. The van der Waals surface area contributed by atoms with E-state index in [9.17, 15) is 18.0 Å². The minimum absolute atomic E-state index is 0.0433. The van der Waals surface area contributed by atoms with Crippen molar-refractivity contribution in [3.63, 3.8) is 0 Å². The summed E-state index contributed by atoms with van der Waals surface area (Å²) in [5.74, 6) is 0.0973. The third kappa shape index (κ3) is 2.89. The number of carboxylic acid groups (broad SMARTS) is 1. The van der Waals surface area contributed by atoms with Crippen LogP contribution in [0, 0.1) is 17.8 Å². The summed E-state index contributed by atoms with van der Waals surface area (Å²) in [4.78, 5) is 22.5. The number of fused-ring (bicyclic) bond motifs is 1. The maximum Gasteiger partial charge on any atom is 0.433 e. The highest BCUT2D eigenvalue weighted by Gasteiger charge is 2.56. The number of piperidine rings is 1. The highest BCUT2D eigenvalue weighted by Crippen LogP contribution is 2.54. The number of rotatable bonds is 5. The topological polar surface area (TPSA) is 69.6 Å². The first kappa shape index (κ1) is 17.1. The van der Waals surface area contributed by atoms with Gasteiger partial charge in [-0.1, -0.05) is 6.08 Å². The zero-order valence-electron chi connectivity index (χ0n) is 14.0. The molecule has 0 radical (unpaired) electrons. The van der Waals surface area contributed by atoms with Gasteiger partial charge in [0.25, 0.3) is 0 Å². The van der Waals surface area contributed by atoms with Gasteiger partial charge in [-0.25, -0.2) is 4.98 Å². The van der Waals surface area contributed by atoms with Crippen molar-refractivity contribution < 1.29 is 23.1 Å². The van der Waals surface area contributed by atoms with E-state index in [4.69, 9.17) is 5.11 Å². The Balaban J connectivity index is 1.57. The molecule has 1 aromatic rings. The molecule has 0 spiro atoms. The predicted octanol–water partition coefficient (Wildman–Crippen LogP) is 2.42. The smallest absolute Gasteiger partial charge is 0.433 e. The molecule has 0 bridgehead atoms. The van der Waals surface area contributed by atoms with Gasteiger partial charge in [-0.05, 0) is 24.2 Å². The van der Waals surface area contributed by atoms with Gasteiger partial charge in [0.2, 0.25) is 5.95 Å². The average molecular weight is 368 g/mol. The molecule has 3 aliphatic rings. The molecule has 4 atom stereocenters. The second kappa shape index (κ2) is 5.85. The predicted molar refractivity (Wildman–Crippen MR) is 87.9 cm³/mol. The second-order valence-corrected chi connectivity index (χ2v) is 7.19. The van der Waals surface area contributed by atoms with Crippen molar-refractivity contribution >= 4 is 17.7 Å². The molecule has 140 valence electrons. The Hall–Kier alpha value is -2.32. The lowest BCUT2D eigenvalue weighted by molar-refractivity contribution is -0.141. The molecule has 0 unspecified atom stereocenters. The van der Waals surface area contributed by atoms with Gasteiger partial charge in [-0.15, -0.1) is 6.58 Å².